The molecule has 0 radical (unpaired) electrons. The summed E-state index contributed by atoms with van der Waals surface area (Å²) in [7, 11) is 0. The number of rotatable bonds is 5. The van der Waals surface area contributed by atoms with Gasteiger partial charge in [-0.3, -0.25) is 9.78 Å². The van der Waals surface area contributed by atoms with Crippen molar-refractivity contribution in [3.8, 4) is 0 Å². The number of carbonyl (C=O) groups is 1. The van der Waals surface area contributed by atoms with Crippen LogP contribution in [0.4, 0.5) is 11.4 Å². The van der Waals surface area contributed by atoms with Crippen LogP contribution in [0.15, 0.2) is 67.0 Å². The first kappa shape index (κ1) is 17.0. The highest BCUT2D eigenvalue weighted by atomic mass is 35.5. The van der Waals surface area contributed by atoms with Gasteiger partial charge in [-0.05, 0) is 36.2 Å². The lowest BCUT2D eigenvalue weighted by Crippen LogP contribution is -2.13. The molecular weight excluding hydrogens is 334 g/mol. The van der Waals surface area contributed by atoms with Crippen LogP contribution >= 0.6 is 11.6 Å². The fourth-order valence-corrected chi connectivity index (χ4v) is 2.56. The summed E-state index contributed by atoms with van der Waals surface area (Å²) in [4.78, 5) is 16.6. The second-order valence-corrected chi connectivity index (χ2v) is 6.15. The summed E-state index contributed by atoms with van der Waals surface area (Å²) in [5.74, 6) is -0.221. The summed E-state index contributed by atoms with van der Waals surface area (Å²) in [5, 5.41) is 6.73. The van der Waals surface area contributed by atoms with Gasteiger partial charge in [-0.2, -0.15) is 0 Å². The maximum absolute atomic E-state index is 12.5. The van der Waals surface area contributed by atoms with E-state index in [9.17, 15) is 4.79 Å². The van der Waals surface area contributed by atoms with Crippen molar-refractivity contribution in [3.05, 3.63) is 88.7 Å². The van der Waals surface area contributed by atoms with Crippen LogP contribution in [0.25, 0.3) is 0 Å². The minimum atomic E-state index is -0.221. The zero-order valence-corrected chi connectivity index (χ0v) is 14.5. The minimum Gasteiger partial charge on any atom is -0.380 e. The lowest BCUT2D eigenvalue weighted by atomic mass is 10.2. The first-order valence-corrected chi connectivity index (χ1v) is 8.30. The molecule has 2 aromatic carbocycles. The molecule has 5 heteroatoms. The lowest BCUT2D eigenvalue weighted by molar-refractivity contribution is 0.102. The van der Waals surface area contributed by atoms with E-state index >= 15 is 0 Å². The number of nitrogens with zero attached hydrogens (tertiary/aromatic N) is 1. The third-order valence-electron chi connectivity index (χ3n) is 3.79. The van der Waals surface area contributed by atoms with Gasteiger partial charge in [-0.1, -0.05) is 48.0 Å². The Morgan fingerprint density at radius 1 is 1.08 bits per heavy atom. The molecule has 0 aliphatic heterocycles. The molecule has 126 valence electrons. The van der Waals surface area contributed by atoms with Gasteiger partial charge in [-0.25, -0.2) is 0 Å². The first-order valence-electron chi connectivity index (χ1n) is 7.92. The van der Waals surface area contributed by atoms with Gasteiger partial charge < -0.3 is 10.6 Å². The van der Waals surface area contributed by atoms with Gasteiger partial charge in [0.15, 0.2) is 0 Å². The van der Waals surface area contributed by atoms with Gasteiger partial charge in [0.1, 0.15) is 0 Å². The number of carbonyl (C=O) groups excluding carboxylic acids is 1. The van der Waals surface area contributed by atoms with Crippen molar-refractivity contribution in [3.63, 3.8) is 0 Å². The van der Waals surface area contributed by atoms with Crippen molar-refractivity contribution in [2.24, 2.45) is 0 Å². The molecule has 0 spiro atoms. The van der Waals surface area contributed by atoms with E-state index < -0.39 is 0 Å². The first-order chi connectivity index (χ1) is 12.1. The van der Waals surface area contributed by atoms with Crippen LogP contribution in [0.5, 0.6) is 0 Å². The van der Waals surface area contributed by atoms with Gasteiger partial charge in [0.2, 0.25) is 0 Å². The summed E-state index contributed by atoms with van der Waals surface area (Å²) in [6.45, 7) is 2.59. The average Bonchev–Trinajstić information content (AvgIpc) is 2.64. The Bertz CT molecular complexity index is 881. The van der Waals surface area contributed by atoms with Crippen LogP contribution in [0.1, 0.15) is 21.5 Å². The molecule has 2 N–H and O–H groups in total. The molecule has 4 nitrogen and oxygen atoms in total. The van der Waals surface area contributed by atoms with Crippen molar-refractivity contribution in [1.82, 2.24) is 4.98 Å². The highest BCUT2D eigenvalue weighted by Crippen LogP contribution is 2.21. The topological polar surface area (TPSA) is 54.0 Å². The molecule has 3 aromatic rings. The maximum atomic E-state index is 12.5. The Kier molecular flexibility index (Phi) is 5.31. The van der Waals surface area contributed by atoms with E-state index in [-0.39, 0.29) is 5.91 Å². The minimum absolute atomic E-state index is 0.221. The standard InChI is InChI=1S/C20H18ClN3O/c1-14-7-8-17(21)10-19(14)24-20(25)16-9-18(13-22-12-16)23-11-15-5-3-2-4-6-15/h2-10,12-13,23H,11H2,1H3,(H,24,25). The third kappa shape index (κ3) is 4.58. The fourth-order valence-electron chi connectivity index (χ4n) is 2.38. The van der Waals surface area contributed by atoms with Gasteiger partial charge >= 0.3 is 0 Å². The van der Waals surface area contributed by atoms with Gasteiger partial charge in [0, 0.05) is 29.6 Å². The summed E-state index contributed by atoms with van der Waals surface area (Å²) >= 11 is 6.00. The van der Waals surface area contributed by atoms with Crippen LogP contribution in [0.2, 0.25) is 5.02 Å². The molecular formula is C20H18ClN3O. The molecule has 0 saturated heterocycles. The van der Waals surface area contributed by atoms with E-state index in [4.69, 9.17) is 11.6 Å². The van der Waals surface area contributed by atoms with Crippen LogP contribution in [0.3, 0.4) is 0 Å². The summed E-state index contributed by atoms with van der Waals surface area (Å²) in [6, 6.07) is 17.2. The number of benzene rings is 2. The van der Waals surface area contributed by atoms with Gasteiger partial charge in [0.25, 0.3) is 5.91 Å². The zero-order valence-electron chi connectivity index (χ0n) is 13.8. The molecule has 0 aliphatic rings. The van der Waals surface area contributed by atoms with E-state index in [1.165, 1.54) is 0 Å². The SMILES string of the molecule is Cc1ccc(Cl)cc1NC(=O)c1cncc(NCc2ccccc2)c1. The van der Waals surface area contributed by atoms with Crippen LogP contribution < -0.4 is 10.6 Å². The van der Waals surface area contributed by atoms with Gasteiger partial charge in [-0.15, -0.1) is 0 Å². The van der Waals surface area contributed by atoms with Crippen LogP contribution in [-0.4, -0.2) is 10.9 Å². The van der Waals surface area contributed by atoms with E-state index in [0.717, 1.165) is 16.8 Å². The number of anilines is 2. The molecule has 3 rings (SSSR count). The average molecular weight is 352 g/mol. The number of nitrogens with one attached hydrogen (secondary N) is 2. The maximum Gasteiger partial charge on any atom is 0.257 e. The number of aromatic nitrogens is 1. The Labute approximate surface area is 151 Å². The molecule has 0 fully saturated rings. The predicted octanol–water partition coefficient (Wildman–Crippen LogP) is 4.91. The molecule has 0 unspecified atom stereocenters. The summed E-state index contributed by atoms with van der Waals surface area (Å²) < 4.78 is 0. The smallest absolute Gasteiger partial charge is 0.257 e. The van der Waals surface area contributed by atoms with Crippen molar-refractivity contribution in [1.29, 1.82) is 0 Å². The third-order valence-corrected chi connectivity index (χ3v) is 4.02. The van der Waals surface area contributed by atoms with E-state index in [0.29, 0.717) is 22.8 Å². The molecule has 25 heavy (non-hydrogen) atoms. The number of pyridine rings is 1. The predicted molar refractivity (Wildman–Crippen MR) is 102 cm³/mol. The van der Waals surface area contributed by atoms with E-state index in [1.54, 1.807) is 30.6 Å². The molecule has 0 atom stereocenters. The number of hydrogen-bond donors (Lipinski definition) is 2. The molecule has 0 bridgehead atoms. The van der Waals surface area contributed by atoms with Crippen LogP contribution in [-0.2, 0) is 6.54 Å². The molecule has 1 heterocycles. The number of aryl methyl sites for hydroxylation is 1. The summed E-state index contributed by atoms with van der Waals surface area (Å²) in [6.07, 6.45) is 3.24. The Morgan fingerprint density at radius 3 is 2.68 bits per heavy atom. The van der Waals surface area contributed by atoms with Crippen molar-refractivity contribution in [2.75, 3.05) is 10.6 Å². The zero-order chi connectivity index (χ0) is 17.6. The monoisotopic (exact) mass is 351 g/mol. The van der Waals surface area contributed by atoms with Gasteiger partial charge in [0.05, 0.1) is 11.3 Å². The number of halogens is 1. The second kappa shape index (κ2) is 7.81. The molecule has 0 aliphatic carbocycles. The molecule has 0 saturated carbocycles. The highest BCUT2D eigenvalue weighted by Gasteiger charge is 2.09. The van der Waals surface area contributed by atoms with Crippen LogP contribution in [0, 0.1) is 6.92 Å². The number of amides is 1. The van der Waals surface area contributed by atoms with Crippen molar-refractivity contribution >= 4 is 28.9 Å². The number of hydrogen-bond acceptors (Lipinski definition) is 3. The Hall–Kier alpha value is -2.85. The summed E-state index contributed by atoms with van der Waals surface area (Å²) in [5.41, 5.74) is 4.08. The van der Waals surface area contributed by atoms with E-state index in [1.807, 2.05) is 43.3 Å². The molecule has 1 aromatic heterocycles. The molecule has 1 amide bonds. The second-order valence-electron chi connectivity index (χ2n) is 5.71. The van der Waals surface area contributed by atoms with Crippen molar-refractivity contribution < 1.29 is 4.79 Å². The fraction of sp³-hybridized carbons (Fsp3) is 0.100. The Balaban J connectivity index is 1.70. The van der Waals surface area contributed by atoms with E-state index in [2.05, 4.69) is 15.6 Å². The highest BCUT2D eigenvalue weighted by molar-refractivity contribution is 6.31. The Morgan fingerprint density at radius 2 is 1.88 bits per heavy atom. The normalized spacial score (nSPS) is 10.3. The lowest BCUT2D eigenvalue weighted by Gasteiger charge is -2.10. The largest absolute Gasteiger partial charge is 0.380 e. The van der Waals surface area contributed by atoms with Crippen molar-refractivity contribution in [2.45, 2.75) is 13.5 Å². The quantitative estimate of drug-likeness (QED) is 0.686.